The zero-order valence-electron chi connectivity index (χ0n) is 14.3. The molecule has 0 fully saturated rings. The number of anilines is 1. The van der Waals surface area contributed by atoms with Crippen LogP contribution in [0.5, 0.6) is 17.2 Å². The fourth-order valence-corrected chi connectivity index (χ4v) is 3.58. The molecule has 6 heteroatoms. The molecule has 0 saturated carbocycles. The second-order valence-electron chi connectivity index (χ2n) is 6.30. The number of hydrogen-bond donors (Lipinski definition) is 2. The molecule has 2 N–H and O–H groups in total. The molecule has 0 radical (unpaired) electrons. The van der Waals surface area contributed by atoms with Crippen molar-refractivity contribution in [2.24, 2.45) is 0 Å². The smallest absolute Gasteiger partial charge is 0.231 e. The lowest BCUT2D eigenvalue weighted by Gasteiger charge is -2.34. The van der Waals surface area contributed by atoms with Crippen molar-refractivity contribution in [3.63, 3.8) is 0 Å². The summed E-state index contributed by atoms with van der Waals surface area (Å²) >= 11 is 0. The minimum atomic E-state index is -0.0392. The van der Waals surface area contributed by atoms with Crippen molar-refractivity contribution in [1.82, 2.24) is 0 Å². The average molecular weight is 338 g/mol. The molecular weight excluding hydrogens is 318 g/mol. The van der Waals surface area contributed by atoms with Crippen LogP contribution in [0.1, 0.15) is 22.9 Å². The van der Waals surface area contributed by atoms with E-state index in [9.17, 15) is 5.26 Å². The minimum absolute atomic E-state index is 0.0392. The molecule has 2 heterocycles. The van der Waals surface area contributed by atoms with E-state index >= 15 is 0 Å². The first-order valence-corrected chi connectivity index (χ1v) is 8.30. The molecule has 0 aliphatic carbocycles. The summed E-state index contributed by atoms with van der Waals surface area (Å²) in [5, 5.41) is 12.9. The first-order valence-electron chi connectivity index (χ1n) is 8.30. The molecule has 6 nitrogen and oxygen atoms in total. The Balaban J connectivity index is 1.82. The van der Waals surface area contributed by atoms with E-state index in [1.165, 1.54) is 10.5 Å². The maximum absolute atomic E-state index is 9.38. The molecule has 0 saturated heterocycles. The fraction of sp³-hybridized carbons (Fsp3) is 0.316. The van der Waals surface area contributed by atoms with Crippen LogP contribution in [0.4, 0.5) is 5.69 Å². The molecule has 0 spiro atoms. The molecule has 0 aromatic heterocycles. The van der Waals surface area contributed by atoms with E-state index in [1.807, 2.05) is 24.3 Å². The number of benzene rings is 2. The molecule has 4 rings (SSSR count). The summed E-state index contributed by atoms with van der Waals surface area (Å²) in [5.41, 5.74) is 3.71. The topological polar surface area (TPSA) is 68.0 Å². The lowest BCUT2D eigenvalue weighted by Crippen LogP contribution is -3.11. The van der Waals surface area contributed by atoms with Crippen molar-refractivity contribution < 1.29 is 19.1 Å². The zero-order chi connectivity index (χ0) is 17.4. The van der Waals surface area contributed by atoms with Crippen LogP contribution in [-0.2, 0) is 6.42 Å². The van der Waals surface area contributed by atoms with Crippen LogP contribution in [0.25, 0.3) is 0 Å². The lowest BCUT2D eigenvalue weighted by atomic mass is 9.94. The SMILES string of the molecule is COc1c2c(cc3c1[C@@H](Nc1ccccc1C#N)[NH+](C)CC3)OCO2. The van der Waals surface area contributed by atoms with E-state index in [-0.39, 0.29) is 13.0 Å². The van der Waals surface area contributed by atoms with E-state index in [0.717, 1.165) is 35.7 Å². The Kier molecular flexibility index (Phi) is 3.86. The minimum Gasteiger partial charge on any atom is -0.492 e. The van der Waals surface area contributed by atoms with Crippen molar-refractivity contribution in [2.75, 3.05) is 32.8 Å². The molecule has 2 aromatic rings. The predicted octanol–water partition coefficient (Wildman–Crippen LogP) is 1.48. The third kappa shape index (κ3) is 2.53. The van der Waals surface area contributed by atoms with E-state index in [4.69, 9.17) is 14.2 Å². The third-order valence-corrected chi connectivity index (χ3v) is 4.87. The number of rotatable bonds is 3. The van der Waals surface area contributed by atoms with E-state index in [1.54, 1.807) is 7.11 Å². The molecule has 2 aromatic carbocycles. The first kappa shape index (κ1) is 15.6. The monoisotopic (exact) mass is 338 g/mol. The van der Waals surface area contributed by atoms with Gasteiger partial charge in [-0.15, -0.1) is 0 Å². The van der Waals surface area contributed by atoms with Crippen molar-refractivity contribution in [2.45, 2.75) is 12.6 Å². The van der Waals surface area contributed by atoms with Crippen LogP contribution in [0.3, 0.4) is 0 Å². The quantitative estimate of drug-likeness (QED) is 0.887. The molecule has 128 valence electrons. The van der Waals surface area contributed by atoms with Crippen molar-refractivity contribution in [3.8, 4) is 23.3 Å². The van der Waals surface area contributed by atoms with Gasteiger partial charge in [0.1, 0.15) is 6.07 Å². The maximum Gasteiger partial charge on any atom is 0.231 e. The van der Waals surface area contributed by atoms with Gasteiger partial charge in [0.2, 0.25) is 12.5 Å². The van der Waals surface area contributed by atoms with Gasteiger partial charge in [-0.25, -0.2) is 0 Å². The Labute approximate surface area is 146 Å². The number of fused-ring (bicyclic) bond motifs is 2. The van der Waals surface area contributed by atoms with Gasteiger partial charge in [-0.1, -0.05) is 12.1 Å². The summed E-state index contributed by atoms with van der Waals surface area (Å²) < 4.78 is 16.9. The van der Waals surface area contributed by atoms with Crippen molar-refractivity contribution in [1.29, 1.82) is 5.26 Å². The number of hydrogen-bond acceptors (Lipinski definition) is 5. The third-order valence-electron chi connectivity index (χ3n) is 4.87. The maximum atomic E-state index is 9.38. The molecule has 2 aliphatic rings. The first-order chi connectivity index (χ1) is 12.2. The largest absolute Gasteiger partial charge is 0.492 e. The van der Waals surface area contributed by atoms with E-state index in [0.29, 0.717) is 11.3 Å². The molecule has 2 atom stereocenters. The number of quaternary nitrogens is 1. The molecule has 0 amide bonds. The summed E-state index contributed by atoms with van der Waals surface area (Å²) in [4.78, 5) is 1.30. The highest BCUT2D eigenvalue weighted by Gasteiger charge is 2.36. The summed E-state index contributed by atoms with van der Waals surface area (Å²) in [6, 6.07) is 11.8. The van der Waals surface area contributed by atoms with Crippen LogP contribution in [0.15, 0.2) is 30.3 Å². The zero-order valence-corrected chi connectivity index (χ0v) is 14.3. The summed E-state index contributed by atoms with van der Waals surface area (Å²) in [5.74, 6) is 2.12. The van der Waals surface area contributed by atoms with Crippen molar-refractivity contribution >= 4 is 5.69 Å². The summed E-state index contributed by atoms with van der Waals surface area (Å²) in [6.45, 7) is 1.19. The van der Waals surface area contributed by atoms with Crippen LogP contribution in [-0.4, -0.2) is 27.5 Å². The highest BCUT2D eigenvalue weighted by molar-refractivity contribution is 5.64. The Morgan fingerprint density at radius 1 is 1.32 bits per heavy atom. The summed E-state index contributed by atoms with van der Waals surface area (Å²) in [7, 11) is 3.79. The number of nitrogens with zero attached hydrogens (tertiary/aromatic N) is 1. The van der Waals surface area contributed by atoms with Crippen LogP contribution in [0.2, 0.25) is 0 Å². The Morgan fingerprint density at radius 3 is 2.96 bits per heavy atom. The van der Waals surface area contributed by atoms with Gasteiger partial charge < -0.3 is 24.4 Å². The Bertz CT molecular complexity index is 860. The van der Waals surface area contributed by atoms with Gasteiger partial charge >= 0.3 is 0 Å². The van der Waals surface area contributed by atoms with Gasteiger partial charge in [0.25, 0.3) is 0 Å². The van der Waals surface area contributed by atoms with Gasteiger partial charge in [-0.2, -0.15) is 5.26 Å². The van der Waals surface area contributed by atoms with Crippen molar-refractivity contribution in [3.05, 3.63) is 47.0 Å². The molecule has 0 bridgehead atoms. The Morgan fingerprint density at radius 2 is 2.16 bits per heavy atom. The summed E-state index contributed by atoms with van der Waals surface area (Å²) in [6.07, 6.45) is 0.898. The van der Waals surface area contributed by atoms with Gasteiger partial charge in [0.15, 0.2) is 17.7 Å². The second-order valence-corrected chi connectivity index (χ2v) is 6.30. The number of nitrogens with one attached hydrogen (secondary N) is 2. The second kappa shape index (κ2) is 6.19. The lowest BCUT2D eigenvalue weighted by molar-refractivity contribution is -0.910. The van der Waals surface area contributed by atoms with Gasteiger partial charge in [-0.3, -0.25) is 0 Å². The highest BCUT2D eigenvalue weighted by atomic mass is 16.7. The normalized spacial score (nSPS) is 20.5. The fourth-order valence-electron chi connectivity index (χ4n) is 3.58. The molecule has 25 heavy (non-hydrogen) atoms. The molecule has 1 unspecified atom stereocenters. The van der Waals surface area contributed by atoms with E-state index < -0.39 is 0 Å². The predicted molar refractivity (Wildman–Crippen MR) is 92.1 cm³/mol. The number of methoxy groups -OCH3 is 1. The number of para-hydroxylation sites is 1. The number of likely N-dealkylation sites (N-methyl/N-ethyl adjacent to an activating group) is 1. The van der Waals surface area contributed by atoms with Crippen LogP contribution >= 0.6 is 0 Å². The van der Waals surface area contributed by atoms with E-state index in [2.05, 4.69) is 24.5 Å². The molecular formula is C19H20N3O3+. The average Bonchev–Trinajstić information content (AvgIpc) is 3.11. The van der Waals surface area contributed by atoms with Crippen LogP contribution in [0, 0.1) is 11.3 Å². The highest BCUT2D eigenvalue weighted by Crippen LogP contribution is 2.47. The van der Waals surface area contributed by atoms with Crippen LogP contribution < -0.4 is 24.4 Å². The molecule has 2 aliphatic heterocycles. The van der Waals surface area contributed by atoms with Gasteiger partial charge in [0, 0.05) is 6.42 Å². The number of ether oxygens (including phenoxy) is 3. The standard InChI is InChI=1S/C19H19N3O3/c1-22-8-7-12-9-15-17(25-11-24-15)18(23-2)16(12)19(22)21-14-6-4-3-5-13(14)10-20/h3-6,9,19,21H,7-8,11H2,1-2H3/p+1/t19-/m0/s1. The van der Waals surface area contributed by atoms with Gasteiger partial charge in [-0.05, 0) is 23.8 Å². The Hall–Kier alpha value is -2.91. The number of nitriles is 1. The van der Waals surface area contributed by atoms with Gasteiger partial charge in [0.05, 0.1) is 37.5 Å².